The maximum Gasteiger partial charge on any atom is 0.427 e. The molecule has 15 nitrogen and oxygen atoms in total. The number of hydrazine groups is 1. The van der Waals surface area contributed by atoms with E-state index < -0.39 is 21.4 Å². The standard InChI is InChI=1S/C12H16N2O2.C9H9N3S.C9H8N2S.C9H10O.C3H8N2O2.Cl2OS/c1-4-16-12(15)14-13-10(3)11-8-6-5-7-9(11)2;10-5-7-3-1-2-4-8(7)9-6-13-12-11-9;1-7-4-2-3-5-8(7)9-6-12-11-10-9;1-7-5-3-4-6-9(7)8(2)10;1-2-7-3(6)5-4;1-4(2)3/h5-8H,4H2,1-3H3,(H,14,15);1-4,6H,5,10H2;2-6H,1H3;3-6H,1-2H3;2,4H2,1H3,(H,5,6);/b13-10+;;;;;. The average molecular weight is 945 g/mol. The Kier molecular flexibility index (Phi) is 28.4. The molecule has 0 unspecified atom stereocenters. The van der Waals surface area contributed by atoms with Gasteiger partial charge in [-0.3, -0.25) is 10.2 Å². The Morgan fingerprint density at radius 1 is 0.694 bits per heavy atom. The lowest BCUT2D eigenvalue weighted by Crippen LogP contribution is -2.30. The van der Waals surface area contributed by atoms with Gasteiger partial charge in [0.15, 0.2) is 5.78 Å². The van der Waals surface area contributed by atoms with Crippen LogP contribution in [0.3, 0.4) is 0 Å². The van der Waals surface area contributed by atoms with Gasteiger partial charge in [0.2, 0.25) is 9.23 Å². The van der Waals surface area contributed by atoms with Crippen LogP contribution in [0.1, 0.15) is 65.9 Å². The lowest BCUT2D eigenvalue weighted by Gasteiger charge is -2.05. The zero-order valence-corrected chi connectivity index (χ0v) is 39.3. The molecule has 4 aromatic carbocycles. The Bertz CT molecular complexity index is 2260. The predicted octanol–water partition coefficient (Wildman–Crippen LogP) is 9.49. The molecule has 20 heteroatoms. The summed E-state index contributed by atoms with van der Waals surface area (Å²) in [6, 6.07) is 31.6. The summed E-state index contributed by atoms with van der Waals surface area (Å²) in [5, 5.41) is 15.9. The topological polar surface area (TPSA) is 227 Å². The van der Waals surface area contributed by atoms with E-state index >= 15 is 0 Å². The number of nitrogens with zero attached hydrogens (tertiary/aromatic N) is 5. The highest BCUT2D eigenvalue weighted by molar-refractivity contribution is 8.26. The summed E-state index contributed by atoms with van der Waals surface area (Å²) in [6.45, 7) is 14.1. The first-order chi connectivity index (χ1) is 29.7. The minimum absolute atomic E-state index is 0.137. The fourth-order valence-electron chi connectivity index (χ4n) is 4.85. The van der Waals surface area contributed by atoms with E-state index in [2.05, 4.69) is 80.7 Å². The Balaban J connectivity index is 0.000000386. The van der Waals surface area contributed by atoms with Crippen molar-refractivity contribution in [2.75, 3.05) is 13.2 Å². The molecule has 0 bridgehead atoms. The first kappa shape index (κ1) is 54.5. The number of aromatic nitrogens is 4. The molecule has 0 fully saturated rings. The number of halogens is 2. The fraction of sp³-hybridized carbons (Fsp3) is 0.238. The van der Waals surface area contributed by atoms with Crippen LogP contribution in [0.2, 0.25) is 0 Å². The van der Waals surface area contributed by atoms with Crippen molar-refractivity contribution in [2.45, 2.75) is 55.0 Å². The number of hydrogen-bond acceptors (Lipinski definition) is 15. The minimum Gasteiger partial charge on any atom is -0.449 e. The van der Waals surface area contributed by atoms with E-state index in [-0.39, 0.29) is 5.78 Å². The van der Waals surface area contributed by atoms with Gasteiger partial charge in [-0.25, -0.2) is 25.1 Å². The molecular formula is C42H51Cl2N9O6S3. The number of hydrogen-bond donors (Lipinski definition) is 4. The van der Waals surface area contributed by atoms with Crippen molar-refractivity contribution < 1.29 is 28.1 Å². The first-order valence-corrected chi connectivity index (χ1v) is 23.0. The zero-order chi connectivity index (χ0) is 46.3. The quantitative estimate of drug-likeness (QED) is 0.0279. The number of nitrogens with two attached hydrogens (primary N) is 2. The van der Waals surface area contributed by atoms with E-state index in [0.29, 0.717) is 19.8 Å². The van der Waals surface area contributed by atoms with E-state index in [1.54, 1.807) is 26.2 Å². The fourth-order valence-corrected chi connectivity index (χ4v) is 5.76. The largest absolute Gasteiger partial charge is 0.449 e. The molecule has 0 aliphatic carbocycles. The van der Waals surface area contributed by atoms with Crippen molar-refractivity contribution in [3.8, 4) is 22.5 Å². The molecule has 0 radical (unpaired) electrons. The number of aryl methyl sites for hydroxylation is 3. The highest BCUT2D eigenvalue weighted by Crippen LogP contribution is 2.22. The summed E-state index contributed by atoms with van der Waals surface area (Å²) >= 11 is 2.73. The van der Waals surface area contributed by atoms with Gasteiger partial charge >= 0.3 is 12.2 Å². The third-order valence-electron chi connectivity index (χ3n) is 7.70. The lowest BCUT2D eigenvalue weighted by atomic mass is 10.1. The molecule has 2 aromatic heterocycles. The highest BCUT2D eigenvalue weighted by Gasteiger charge is 2.06. The Morgan fingerprint density at radius 3 is 1.53 bits per heavy atom. The molecule has 2 amide bonds. The van der Waals surface area contributed by atoms with Gasteiger partial charge in [0, 0.05) is 60.9 Å². The van der Waals surface area contributed by atoms with Crippen LogP contribution < -0.4 is 22.4 Å². The Labute approximate surface area is 382 Å². The second kappa shape index (κ2) is 32.3. The number of nitrogens with one attached hydrogen (secondary N) is 2. The van der Waals surface area contributed by atoms with Crippen molar-refractivity contribution >= 4 is 77.3 Å². The Hall–Kier alpha value is -5.47. The van der Waals surface area contributed by atoms with Gasteiger partial charge in [-0.15, -0.1) is 10.2 Å². The maximum atomic E-state index is 11.0. The summed E-state index contributed by atoms with van der Waals surface area (Å²) in [5.74, 6) is 4.77. The summed E-state index contributed by atoms with van der Waals surface area (Å²) in [7, 11) is 7.36. The van der Waals surface area contributed by atoms with E-state index in [0.717, 1.165) is 50.5 Å². The third kappa shape index (κ3) is 22.4. The van der Waals surface area contributed by atoms with Crippen molar-refractivity contribution in [3.05, 3.63) is 141 Å². The number of ether oxygens (including phenoxy) is 2. The van der Waals surface area contributed by atoms with Gasteiger partial charge < -0.3 is 15.2 Å². The number of ketones is 1. The number of benzene rings is 4. The molecule has 0 spiro atoms. The second-order valence-electron chi connectivity index (χ2n) is 12.0. The molecule has 0 aliphatic heterocycles. The van der Waals surface area contributed by atoms with Gasteiger partial charge in [0.05, 0.1) is 18.9 Å². The number of Topliss-reactive ketones (excluding diaryl/α,β-unsaturated/α-hetero) is 1. The molecule has 0 saturated carbocycles. The monoisotopic (exact) mass is 943 g/mol. The summed E-state index contributed by atoms with van der Waals surface area (Å²) < 4.78 is 25.8. The predicted molar refractivity (Wildman–Crippen MR) is 252 cm³/mol. The number of amides is 2. The number of carbonyl (C=O) groups excluding carboxylic acids is 3. The van der Waals surface area contributed by atoms with Crippen LogP contribution >= 0.6 is 44.4 Å². The Morgan fingerprint density at radius 2 is 1.13 bits per heavy atom. The number of hydrazone groups is 1. The molecular weight excluding hydrogens is 894 g/mol. The van der Waals surface area contributed by atoms with Gasteiger partial charge in [0.1, 0.15) is 11.4 Å². The molecule has 2 heterocycles. The van der Waals surface area contributed by atoms with Gasteiger partial charge in [-0.05, 0) is 93.8 Å². The summed E-state index contributed by atoms with van der Waals surface area (Å²) in [4.78, 5) is 31.8. The molecule has 0 atom stereocenters. The zero-order valence-electron chi connectivity index (χ0n) is 35.3. The van der Waals surface area contributed by atoms with Crippen molar-refractivity contribution in [2.24, 2.45) is 16.7 Å². The molecule has 0 saturated heterocycles. The first-order valence-electron chi connectivity index (χ1n) is 18.6. The molecule has 332 valence electrons. The van der Waals surface area contributed by atoms with Crippen LogP contribution in [0.5, 0.6) is 0 Å². The molecule has 62 heavy (non-hydrogen) atoms. The van der Waals surface area contributed by atoms with Crippen LogP contribution in [0, 0.1) is 20.8 Å². The highest BCUT2D eigenvalue weighted by atomic mass is 36.0. The third-order valence-corrected chi connectivity index (χ3v) is 8.71. The maximum absolute atomic E-state index is 11.0. The normalized spacial score (nSPS) is 9.90. The smallest absolute Gasteiger partial charge is 0.427 e. The van der Waals surface area contributed by atoms with Crippen LogP contribution in [-0.2, 0) is 25.2 Å². The van der Waals surface area contributed by atoms with Crippen LogP contribution in [0.25, 0.3) is 22.5 Å². The van der Waals surface area contributed by atoms with Crippen LogP contribution in [-0.4, -0.2) is 60.3 Å². The average Bonchev–Trinajstić information content (AvgIpc) is 4.01. The second-order valence-corrected chi connectivity index (χ2v) is 15.8. The van der Waals surface area contributed by atoms with Crippen LogP contribution in [0.4, 0.5) is 9.59 Å². The van der Waals surface area contributed by atoms with Crippen LogP contribution in [0.15, 0.2) is 113 Å². The summed E-state index contributed by atoms with van der Waals surface area (Å²) in [6.07, 6.45) is -1.13. The molecule has 6 aromatic rings. The minimum atomic E-state index is -1.67. The number of carbonyl (C=O) groups is 3. The van der Waals surface area contributed by atoms with Crippen molar-refractivity contribution in [1.29, 1.82) is 0 Å². The molecule has 6 N–H and O–H groups in total. The van der Waals surface area contributed by atoms with E-state index in [9.17, 15) is 14.4 Å². The van der Waals surface area contributed by atoms with E-state index in [1.807, 2.05) is 116 Å². The van der Waals surface area contributed by atoms with E-state index in [4.69, 9.17) is 14.7 Å². The molecule has 0 aliphatic rings. The number of rotatable bonds is 8. The summed E-state index contributed by atoms with van der Waals surface area (Å²) in [5.41, 5.74) is 21.0. The van der Waals surface area contributed by atoms with E-state index in [1.165, 1.54) is 34.2 Å². The lowest BCUT2D eigenvalue weighted by molar-refractivity contribution is 0.101. The van der Waals surface area contributed by atoms with Gasteiger partial charge in [0.25, 0.3) is 0 Å². The van der Waals surface area contributed by atoms with Gasteiger partial charge in [-0.2, -0.15) is 5.10 Å². The SMILES string of the molecule is CC(=O)c1ccccc1C.CCOC(=O)N/N=C(\C)c1ccccc1C.CCOC(=O)NN.Cc1ccccc1-c1csnn1.NCc1ccccc1-c1csnn1.O=S(Cl)Cl. The molecule has 6 rings (SSSR count). The van der Waals surface area contributed by atoms with Gasteiger partial charge in [-0.1, -0.05) is 106 Å². The van der Waals surface area contributed by atoms with Crippen molar-refractivity contribution in [1.82, 2.24) is 30.0 Å². The van der Waals surface area contributed by atoms with Crippen molar-refractivity contribution in [3.63, 3.8) is 0 Å².